The maximum Gasteiger partial charge on any atom is 0.223 e. The van der Waals surface area contributed by atoms with E-state index in [4.69, 9.17) is 9.72 Å². The molecule has 0 saturated heterocycles. The van der Waals surface area contributed by atoms with Crippen LogP contribution in [-0.4, -0.2) is 9.97 Å². The van der Waals surface area contributed by atoms with E-state index in [1.807, 2.05) is 61.5 Å². The van der Waals surface area contributed by atoms with Gasteiger partial charge in [0.15, 0.2) is 5.16 Å². The molecule has 1 heterocycles. The van der Waals surface area contributed by atoms with Gasteiger partial charge in [-0.15, -0.1) is 0 Å². The van der Waals surface area contributed by atoms with Crippen LogP contribution in [-0.2, 0) is 11.2 Å². The average molecular weight is 390 g/mol. The molecule has 0 aliphatic heterocycles. The fraction of sp³-hybridized carbons (Fsp3) is 0.261. The Hall–Kier alpha value is -2.84. The van der Waals surface area contributed by atoms with Crippen molar-refractivity contribution < 1.29 is 4.74 Å². The molecular formula is C23H23N3OS. The molecule has 4 nitrogen and oxygen atoms in total. The molecule has 0 unspecified atom stereocenters. The van der Waals surface area contributed by atoms with E-state index in [-0.39, 0.29) is 5.41 Å². The van der Waals surface area contributed by atoms with E-state index in [1.165, 1.54) is 11.8 Å². The minimum atomic E-state index is -0.132. The van der Waals surface area contributed by atoms with E-state index < -0.39 is 0 Å². The second-order valence-corrected chi connectivity index (χ2v) is 8.49. The highest BCUT2D eigenvalue weighted by molar-refractivity contribution is 7.98. The van der Waals surface area contributed by atoms with Gasteiger partial charge in [0.2, 0.25) is 5.88 Å². The molecule has 28 heavy (non-hydrogen) atoms. The smallest absolute Gasteiger partial charge is 0.223 e. The van der Waals surface area contributed by atoms with Crippen molar-refractivity contribution in [1.82, 2.24) is 9.97 Å². The van der Waals surface area contributed by atoms with Crippen molar-refractivity contribution in [2.75, 3.05) is 0 Å². The van der Waals surface area contributed by atoms with Gasteiger partial charge in [-0.1, -0.05) is 68.9 Å². The van der Waals surface area contributed by atoms with Gasteiger partial charge in [-0.05, 0) is 30.2 Å². The zero-order valence-electron chi connectivity index (χ0n) is 16.6. The largest absolute Gasteiger partial charge is 0.439 e. The number of aromatic nitrogens is 2. The first-order chi connectivity index (χ1) is 13.4. The van der Waals surface area contributed by atoms with E-state index in [0.29, 0.717) is 22.4 Å². The lowest BCUT2D eigenvalue weighted by Gasteiger charge is -2.19. The lowest BCUT2D eigenvalue weighted by molar-refractivity contribution is 0.444. The standard InChI is InChI=1S/C23H23N3OS/c1-16-9-5-8-12-19(16)27-21-13-20(23(2,3)4)25-22(26-21)28-15-18-11-7-6-10-17(18)14-24/h5-13H,15H2,1-4H3. The first kappa shape index (κ1) is 19.9. The maximum absolute atomic E-state index is 9.29. The monoisotopic (exact) mass is 389 g/mol. The molecule has 0 bridgehead atoms. The van der Waals surface area contributed by atoms with Gasteiger partial charge in [-0.25, -0.2) is 4.98 Å². The SMILES string of the molecule is Cc1ccccc1Oc1cc(C(C)(C)C)nc(SCc2ccccc2C#N)n1. The minimum absolute atomic E-state index is 0.132. The van der Waals surface area contributed by atoms with Crippen LogP contribution in [0, 0.1) is 18.3 Å². The van der Waals surface area contributed by atoms with Crippen LogP contribution >= 0.6 is 11.8 Å². The van der Waals surface area contributed by atoms with Crippen LogP contribution in [0.1, 0.15) is 43.2 Å². The summed E-state index contributed by atoms with van der Waals surface area (Å²) in [6, 6.07) is 19.6. The number of para-hydroxylation sites is 1. The van der Waals surface area contributed by atoms with Crippen LogP contribution in [0.25, 0.3) is 0 Å². The summed E-state index contributed by atoms with van der Waals surface area (Å²) >= 11 is 1.51. The van der Waals surface area contributed by atoms with Crippen molar-refractivity contribution in [2.45, 2.75) is 44.0 Å². The predicted molar refractivity (Wildman–Crippen MR) is 113 cm³/mol. The fourth-order valence-electron chi connectivity index (χ4n) is 2.59. The Labute approximate surface area is 170 Å². The normalized spacial score (nSPS) is 11.1. The van der Waals surface area contributed by atoms with Crippen LogP contribution < -0.4 is 4.74 Å². The number of hydrogen-bond acceptors (Lipinski definition) is 5. The highest BCUT2D eigenvalue weighted by atomic mass is 32.2. The topological polar surface area (TPSA) is 58.8 Å². The summed E-state index contributed by atoms with van der Waals surface area (Å²) in [7, 11) is 0. The van der Waals surface area contributed by atoms with Crippen LogP contribution in [0.15, 0.2) is 59.8 Å². The molecule has 0 saturated carbocycles. The molecule has 0 fully saturated rings. The summed E-state index contributed by atoms with van der Waals surface area (Å²) in [5.74, 6) is 1.94. The molecule has 0 N–H and O–H groups in total. The molecule has 0 amide bonds. The number of nitrogens with zero attached hydrogens (tertiary/aromatic N) is 3. The molecule has 3 aromatic rings. The molecule has 142 valence electrons. The van der Waals surface area contributed by atoms with Gasteiger partial charge in [-0.3, -0.25) is 0 Å². The number of thioether (sulfide) groups is 1. The van der Waals surface area contributed by atoms with Crippen molar-refractivity contribution in [3.63, 3.8) is 0 Å². The Balaban J connectivity index is 1.90. The van der Waals surface area contributed by atoms with Crippen molar-refractivity contribution in [3.05, 3.63) is 77.0 Å². The van der Waals surface area contributed by atoms with Gasteiger partial charge in [0.05, 0.1) is 17.3 Å². The number of hydrogen-bond donors (Lipinski definition) is 0. The minimum Gasteiger partial charge on any atom is -0.439 e. The second kappa shape index (κ2) is 8.45. The van der Waals surface area contributed by atoms with Crippen molar-refractivity contribution in [1.29, 1.82) is 5.26 Å². The highest BCUT2D eigenvalue weighted by Crippen LogP contribution is 2.31. The zero-order valence-corrected chi connectivity index (χ0v) is 17.4. The molecule has 2 aromatic carbocycles. The Bertz CT molecular complexity index is 1020. The van der Waals surface area contributed by atoms with E-state index >= 15 is 0 Å². The molecule has 0 atom stereocenters. The summed E-state index contributed by atoms with van der Waals surface area (Å²) in [4.78, 5) is 9.33. The molecular weight excluding hydrogens is 366 g/mol. The summed E-state index contributed by atoms with van der Waals surface area (Å²) < 4.78 is 6.07. The lowest BCUT2D eigenvalue weighted by Crippen LogP contribution is -2.14. The van der Waals surface area contributed by atoms with E-state index in [2.05, 4.69) is 31.8 Å². The number of ether oxygens (including phenoxy) is 1. The molecule has 0 aliphatic rings. The first-order valence-electron chi connectivity index (χ1n) is 9.10. The zero-order chi connectivity index (χ0) is 20.1. The summed E-state index contributed by atoms with van der Waals surface area (Å²) in [6.07, 6.45) is 0. The highest BCUT2D eigenvalue weighted by Gasteiger charge is 2.19. The lowest BCUT2D eigenvalue weighted by atomic mass is 9.92. The van der Waals surface area contributed by atoms with Crippen LogP contribution in [0.4, 0.5) is 0 Å². The molecule has 1 aromatic heterocycles. The maximum atomic E-state index is 9.29. The van der Waals surface area contributed by atoms with Crippen molar-refractivity contribution in [2.24, 2.45) is 0 Å². The molecule has 3 rings (SSSR count). The van der Waals surface area contributed by atoms with Gasteiger partial charge in [0, 0.05) is 17.2 Å². The third-order valence-electron chi connectivity index (χ3n) is 4.25. The fourth-order valence-corrected chi connectivity index (χ4v) is 3.44. The molecule has 0 spiro atoms. The van der Waals surface area contributed by atoms with Gasteiger partial charge in [-0.2, -0.15) is 10.2 Å². The first-order valence-corrected chi connectivity index (χ1v) is 10.1. The quantitative estimate of drug-likeness (QED) is 0.393. The van der Waals surface area contributed by atoms with Crippen LogP contribution in [0.3, 0.4) is 0 Å². The summed E-state index contributed by atoms with van der Waals surface area (Å²) in [5.41, 5.74) is 3.49. The van der Waals surface area contributed by atoms with E-state index in [0.717, 1.165) is 22.6 Å². The number of rotatable bonds is 5. The Kier molecular flexibility index (Phi) is 6.01. The molecule has 5 heteroatoms. The third kappa shape index (κ3) is 4.90. The number of nitriles is 1. The summed E-state index contributed by atoms with van der Waals surface area (Å²) in [5, 5.41) is 9.93. The van der Waals surface area contributed by atoms with Crippen molar-refractivity contribution in [3.8, 4) is 17.7 Å². The Morgan fingerprint density at radius 3 is 2.46 bits per heavy atom. The van der Waals surface area contributed by atoms with Gasteiger partial charge in [0.1, 0.15) is 5.75 Å². The van der Waals surface area contributed by atoms with E-state index in [1.54, 1.807) is 0 Å². The molecule has 0 radical (unpaired) electrons. The number of aryl methyl sites for hydroxylation is 1. The predicted octanol–water partition coefficient (Wildman–Crippen LogP) is 6.04. The summed E-state index contributed by atoms with van der Waals surface area (Å²) in [6.45, 7) is 8.36. The van der Waals surface area contributed by atoms with Crippen LogP contribution in [0.5, 0.6) is 11.6 Å². The molecule has 0 aliphatic carbocycles. The second-order valence-electron chi connectivity index (χ2n) is 7.55. The van der Waals surface area contributed by atoms with Gasteiger partial charge in [0.25, 0.3) is 0 Å². The van der Waals surface area contributed by atoms with E-state index in [9.17, 15) is 5.26 Å². The number of benzene rings is 2. The Morgan fingerprint density at radius 2 is 1.75 bits per heavy atom. The van der Waals surface area contributed by atoms with Crippen LogP contribution in [0.2, 0.25) is 0 Å². The third-order valence-corrected chi connectivity index (χ3v) is 5.15. The van der Waals surface area contributed by atoms with Gasteiger partial charge < -0.3 is 4.74 Å². The van der Waals surface area contributed by atoms with Crippen molar-refractivity contribution >= 4 is 11.8 Å². The average Bonchev–Trinajstić information content (AvgIpc) is 2.67. The van der Waals surface area contributed by atoms with Gasteiger partial charge >= 0.3 is 0 Å². The Morgan fingerprint density at radius 1 is 1.04 bits per heavy atom.